The number of carbonyl (C=O) groups excluding carboxylic acids is 1. The van der Waals surface area contributed by atoms with Crippen molar-refractivity contribution in [3.63, 3.8) is 0 Å². The maximum atomic E-state index is 11.4. The number of nitrogens with one attached hydrogen (secondary N) is 1. The molecule has 2 rings (SSSR count). The van der Waals surface area contributed by atoms with Crippen molar-refractivity contribution in [2.45, 2.75) is 0 Å². The van der Waals surface area contributed by atoms with E-state index >= 15 is 0 Å². The van der Waals surface area contributed by atoms with Gasteiger partial charge in [0.2, 0.25) is 0 Å². The van der Waals surface area contributed by atoms with Gasteiger partial charge >= 0.3 is 12.0 Å². The number of para-hydroxylation sites is 1. The van der Waals surface area contributed by atoms with Crippen LogP contribution in [0, 0.1) is 0 Å². The number of hydrogen-bond donors (Lipinski definition) is 2. The van der Waals surface area contributed by atoms with Gasteiger partial charge in [-0.2, -0.15) is 4.79 Å². The van der Waals surface area contributed by atoms with Crippen LogP contribution < -0.4 is 15.6 Å². The predicted molar refractivity (Wildman–Crippen MR) is 77.0 cm³/mol. The average Bonchev–Trinajstić information content (AvgIpc) is 2.46. The van der Waals surface area contributed by atoms with Crippen LogP contribution in [-0.2, 0) is 4.84 Å². The number of benzene rings is 2. The molecule has 0 saturated carbocycles. The first-order chi connectivity index (χ1) is 9.65. The van der Waals surface area contributed by atoms with Crippen molar-refractivity contribution >= 4 is 27.9 Å². The molecule has 2 aromatic rings. The minimum Gasteiger partial charge on any atom is -0.392 e. The predicted octanol–water partition coefficient (Wildman–Crippen LogP) is 1.37. The number of nitrogen functional groups attached to an aromatic ring is 1. The first-order valence-corrected chi connectivity index (χ1v) is 6.52. The number of halogens is 1. The second-order valence-corrected chi connectivity index (χ2v) is 4.71. The Bertz CT molecular complexity index is 612. The summed E-state index contributed by atoms with van der Waals surface area (Å²) in [5, 5.41) is 2.34. The van der Waals surface area contributed by atoms with Crippen molar-refractivity contribution in [2.24, 2.45) is 5.73 Å². The topological polar surface area (TPSA) is 75.5 Å². The number of carbonyl (C=O) groups is 1. The Kier molecular flexibility index (Phi) is 4.73. The molecule has 0 saturated heterocycles. The molecule has 0 radical (unpaired) electrons. The Hall–Kier alpha value is -2.34. The van der Waals surface area contributed by atoms with E-state index in [1.807, 2.05) is 18.2 Å². The lowest BCUT2D eigenvalue weighted by atomic mass is 10.2. The monoisotopic (exact) mass is 335 g/mol. The number of amidine groups is 1. The van der Waals surface area contributed by atoms with Gasteiger partial charge < -0.3 is 4.74 Å². The van der Waals surface area contributed by atoms with Gasteiger partial charge in [-0.3, -0.25) is 5.73 Å². The summed E-state index contributed by atoms with van der Waals surface area (Å²) in [6.07, 6.45) is -0.892. The summed E-state index contributed by atoms with van der Waals surface area (Å²) in [6, 6.07) is 15.8. The highest BCUT2D eigenvalue weighted by atomic mass is 79.9. The first-order valence-electron chi connectivity index (χ1n) is 5.73. The van der Waals surface area contributed by atoms with Gasteiger partial charge in [0.1, 0.15) is 5.75 Å². The molecule has 102 valence electrons. The SMILES string of the molecule is NC(=[NH+]OC(=O)Oc1ccccc1)c1ccc(Br)cc1. The maximum Gasteiger partial charge on any atom is 0.556 e. The molecule has 6 heteroatoms. The summed E-state index contributed by atoms with van der Waals surface area (Å²) in [4.78, 5) is 16.1. The van der Waals surface area contributed by atoms with Crippen LogP contribution in [0.2, 0.25) is 0 Å². The van der Waals surface area contributed by atoms with Crippen molar-refractivity contribution in [1.82, 2.24) is 0 Å². The Labute approximate surface area is 124 Å². The van der Waals surface area contributed by atoms with Crippen LogP contribution in [0.1, 0.15) is 5.56 Å². The summed E-state index contributed by atoms with van der Waals surface area (Å²) in [6.45, 7) is 0. The van der Waals surface area contributed by atoms with E-state index in [9.17, 15) is 4.79 Å². The quantitative estimate of drug-likeness (QED) is 0.222. The van der Waals surface area contributed by atoms with E-state index in [2.05, 4.69) is 21.1 Å². The number of hydrogen-bond acceptors (Lipinski definition) is 3. The molecule has 0 aromatic heterocycles. The van der Waals surface area contributed by atoms with E-state index in [1.54, 1.807) is 36.4 Å². The molecule has 0 spiro atoms. The van der Waals surface area contributed by atoms with Crippen LogP contribution in [0.4, 0.5) is 4.79 Å². The van der Waals surface area contributed by atoms with Crippen LogP contribution in [0.25, 0.3) is 0 Å². The smallest absolute Gasteiger partial charge is 0.392 e. The second-order valence-electron chi connectivity index (χ2n) is 3.79. The fourth-order valence-corrected chi connectivity index (χ4v) is 1.65. The van der Waals surface area contributed by atoms with E-state index in [0.29, 0.717) is 11.3 Å². The van der Waals surface area contributed by atoms with Crippen molar-refractivity contribution in [2.75, 3.05) is 0 Å². The van der Waals surface area contributed by atoms with E-state index in [0.717, 1.165) is 4.47 Å². The van der Waals surface area contributed by atoms with Gasteiger partial charge in [-0.25, -0.2) is 4.84 Å². The Morgan fingerprint density at radius 3 is 2.35 bits per heavy atom. The summed E-state index contributed by atoms with van der Waals surface area (Å²) < 4.78 is 5.85. The molecule has 2 aromatic carbocycles. The lowest BCUT2D eigenvalue weighted by molar-refractivity contribution is -0.724. The summed E-state index contributed by atoms with van der Waals surface area (Å²) >= 11 is 3.32. The minimum atomic E-state index is -0.892. The highest BCUT2D eigenvalue weighted by Gasteiger charge is 2.10. The lowest BCUT2D eigenvalue weighted by Crippen LogP contribution is -2.75. The molecule has 0 unspecified atom stereocenters. The van der Waals surface area contributed by atoms with Crippen LogP contribution in [-0.4, -0.2) is 12.0 Å². The third-order valence-corrected chi connectivity index (χ3v) is 2.87. The lowest BCUT2D eigenvalue weighted by Gasteiger charge is -2.00. The zero-order valence-corrected chi connectivity index (χ0v) is 12.0. The Morgan fingerprint density at radius 2 is 1.70 bits per heavy atom. The van der Waals surface area contributed by atoms with Crippen LogP contribution in [0.15, 0.2) is 59.1 Å². The number of rotatable bonds is 3. The average molecular weight is 336 g/mol. The molecule has 0 aliphatic rings. The van der Waals surface area contributed by atoms with Crippen LogP contribution in [0.3, 0.4) is 0 Å². The molecule has 5 nitrogen and oxygen atoms in total. The van der Waals surface area contributed by atoms with Gasteiger partial charge in [0, 0.05) is 4.47 Å². The standard InChI is InChI=1S/C14H11BrN2O3/c15-11-8-6-10(7-9-11)13(16)17-20-14(18)19-12-4-2-1-3-5-12/h1-9H,(H2,16,17)/p+1. The molecule has 0 atom stereocenters. The van der Waals surface area contributed by atoms with Crippen molar-refractivity contribution in [3.05, 3.63) is 64.6 Å². The number of ether oxygens (including phenoxy) is 1. The maximum absolute atomic E-state index is 11.4. The molecular formula is C14H12BrN2O3+. The van der Waals surface area contributed by atoms with E-state index in [4.69, 9.17) is 15.3 Å². The molecular weight excluding hydrogens is 324 g/mol. The minimum absolute atomic E-state index is 0.211. The van der Waals surface area contributed by atoms with Crippen molar-refractivity contribution in [1.29, 1.82) is 0 Å². The summed E-state index contributed by atoms with van der Waals surface area (Å²) in [5.74, 6) is 0.601. The largest absolute Gasteiger partial charge is 0.556 e. The van der Waals surface area contributed by atoms with E-state index < -0.39 is 6.16 Å². The van der Waals surface area contributed by atoms with Crippen molar-refractivity contribution < 1.29 is 19.5 Å². The molecule has 0 fully saturated rings. The van der Waals surface area contributed by atoms with E-state index in [1.165, 1.54) is 0 Å². The third kappa shape index (κ3) is 4.10. The fourth-order valence-electron chi connectivity index (χ4n) is 1.39. The summed E-state index contributed by atoms with van der Waals surface area (Å²) in [7, 11) is 0. The normalized spacial score (nSPS) is 10.9. The highest BCUT2D eigenvalue weighted by Crippen LogP contribution is 2.09. The second kappa shape index (κ2) is 6.72. The van der Waals surface area contributed by atoms with E-state index in [-0.39, 0.29) is 5.84 Å². The molecule has 0 aliphatic carbocycles. The van der Waals surface area contributed by atoms with Gasteiger partial charge in [0.15, 0.2) is 0 Å². The van der Waals surface area contributed by atoms with Gasteiger partial charge in [-0.05, 0) is 36.4 Å². The number of nitrogens with two attached hydrogens (primary N) is 1. The molecule has 0 amide bonds. The van der Waals surface area contributed by atoms with Gasteiger partial charge in [0.25, 0.3) is 0 Å². The first kappa shape index (κ1) is 14.1. The molecule has 3 N–H and O–H groups in total. The van der Waals surface area contributed by atoms with Crippen LogP contribution in [0.5, 0.6) is 5.75 Å². The van der Waals surface area contributed by atoms with Gasteiger partial charge in [-0.15, -0.1) is 0 Å². The zero-order valence-electron chi connectivity index (χ0n) is 10.4. The highest BCUT2D eigenvalue weighted by molar-refractivity contribution is 9.10. The van der Waals surface area contributed by atoms with Crippen molar-refractivity contribution in [3.8, 4) is 5.75 Å². The zero-order chi connectivity index (χ0) is 14.4. The molecule has 0 heterocycles. The summed E-state index contributed by atoms with van der Waals surface area (Å²) in [5.41, 5.74) is 6.44. The Morgan fingerprint density at radius 1 is 1.05 bits per heavy atom. The molecule has 20 heavy (non-hydrogen) atoms. The Balaban J connectivity index is 1.95. The van der Waals surface area contributed by atoms with Crippen LogP contribution >= 0.6 is 15.9 Å². The van der Waals surface area contributed by atoms with Gasteiger partial charge in [-0.1, -0.05) is 39.3 Å². The van der Waals surface area contributed by atoms with Gasteiger partial charge in [0.05, 0.1) is 5.56 Å². The molecule has 0 aliphatic heterocycles. The third-order valence-electron chi connectivity index (χ3n) is 2.34. The molecule has 0 bridgehead atoms. The fraction of sp³-hybridized carbons (Fsp3) is 0.